The number of hydrogen-bond acceptors (Lipinski definition) is 4. The molecule has 0 aliphatic carbocycles. The van der Waals surface area contributed by atoms with E-state index in [0.29, 0.717) is 5.69 Å². The largest absolute Gasteiger partial charge is 0.396 e. The fourth-order valence-electron chi connectivity index (χ4n) is 2.83. The highest BCUT2D eigenvalue weighted by atomic mass is 16.3. The first-order valence-electron chi connectivity index (χ1n) is 6.73. The first-order valence-corrected chi connectivity index (χ1v) is 6.73. The fraction of sp³-hybridized carbons (Fsp3) is 0.400. The second kappa shape index (κ2) is 4.70. The molecule has 4 heteroatoms. The zero-order chi connectivity index (χ0) is 13.4. The van der Waals surface area contributed by atoms with E-state index < -0.39 is 0 Å². The van der Waals surface area contributed by atoms with Crippen molar-refractivity contribution in [3.8, 4) is 0 Å². The number of pyridine rings is 1. The third-order valence-corrected chi connectivity index (χ3v) is 3.95. The normalized spacial score (nSPS) is 23.8. The number of anilines is 2. The van der Waals surface area contributed by atoms with Gasteiger partial charge in [0.25, 0.3) is 0 Å². The SMILES string of the molecule is CC1CN(c2c(N)cnc3ccccc23)CCC1O. The Morgan fingerprint density at radius 3 is 2.95 bits per heavy atom. The number of benzene rings is 1. The Bertz CT molecular complexity index is 599. The minimum absolute atomic E-state index is 0.203. The van der Waals surface area contributed by atoms with E-state index in [1.807, 2.05) is 18.2 Å². The van der Waals surface area contributed by atoms with Crippen molar-refractivity contribution >= 4 is 22.3 Å². The summed E-state index contributed by atoms with van der Waals surface area (Å²) in [6, 6.07) is 8.05. The van der Waals surface area contributed by atoms with Crippen LogP contribution in [0, 0.1) is 5.92 Å². The molecule has 1 aromatic heterocycles. The van der Waals surface area contributed by atoms with Gasteiger partial charge in [-0.2, -0.15) is 0 Å². The molecule has 1 aliphatic heterocycles. The smallest absolute Gasteiger partial charge is 0.0745 e. The molecular weight excluding hydrogens is 238 g/mol. The Balaban J connectivity index is 2.07. The third kappa shape index (κ3) is 2.12. The van der Waals surface area contributed by atoms with Crippen LogP contribution in [-0.4, -0.2) is 29.3 Å². The first-order chi connectivity index (χ1) is 9.16. The summed E-state index contributed by atoms with van der Waals surface area (Å²) >= 11 is 0. The van der Waals surface area contributed by atoms with Gasteiger partial charge in [-0.25, -0.2) is 0 Å². The third-order valence-electron chi connectivity index (χ3n) is 3.95. The lowest BCUT2D eigenvalue weighted by Crippen LogP contribution is -2.42. The summed E-state index contributed by atoms with van der Waals surface area (Å²) in [5, 5.41) is 10.9. The molecule has 2 aromatic rings. The molecule has 0 saturated carbocycles. The zero-order valence-corrected chi connectivity index (χ0v) is 11.1. The summed E-state index contributed by atoms with van der Waals surface area (Å²) in [5.74, 6) is 0.264. The molecule has 4 nitrogen and oxygen atoms in total. The van der Waals surface area contributed by atoms with Crippen molar-refractivity contribution in [1.29, 1.82) is 0 Å². The van der Waals surface area contributed by atoms with Crippen LogP contribution >= 0.6 is 0 Å². The molecule has 2 unspecified atom stereocenters. The van der Waals surface area contributed by atoms with Crippen LogP contribution in [0.1, 0.15) is 13.3 Å². The van der Waals surface area contributed by atoms with Crippen molar-refractivity contribution in [1.82, 2.24) is 4.98 Å². The van der Waals surface area contributed by atoms with Gasteiger partial charge in [-0.3, -0.25) is 4.98 Å². The fourth-order valence-corrected chi connectivity index (χ4v) is 2.83. The second-order valence-electron chi connectivity index (χ2n) is 5.36. The highest BCUT2D eigenvalue weighted by molar-refractivity contribution is 5.97. The highest BCUT2D eigenvalue weighted by Gasteiger charge is 2.26. The monoisotopic (exact) mass is 257 g/mol. The van der Waals surface area contributed by atoms with E-state index >= 15 is 0 Å². The molecule has 0 bridgehead atoms. The Labute approximate surface area is 112 Å². The van der Waals surface area contributed by atoms with Gasteiger partial charge in [0.05, 0.1) is 29.2 Å². The Morgan fingerprint density at radius 1 is 1.37 bits per heavy atom. The predicted molar refractivity (Wildman–Crippen MR) is 78.2 cm³/mol. The van der Waals surface area contributed by atoms with E-state index in [9.17, 15) is 5.11 Å². The second-order valence-corrected chi connectivity index (χ2v) is 5.36. The number of aliphatic hydroxyl groups excluding tert-OH is 1. The Kier molecular flexibility index (Phi) is 3.03. The van der Waals surface area contributed by atoms with Gasteiger partial charge in [-0.05, 0) is 18.4 Å². The molecule has 0 radical (unpaired) electrons. The standard InChI is InChI=1S/C15H19N3O/c1-10-9-18(7-6-14(10)19)15-11-4-2-3-5-13(11)17-8-12(15)16/h2-5,8,10,14,19H,6-7,9,16H2,1H3. The summed E-state index contributed by atoms with van der Waals surface area (Å²) in [6.45, 7) is 3.75. The Morgan fingerprint density at radius 2 is 2.16 bits per heavy atom. The molecule has 0 spiro atoms. The zero-order valence-electron chi connectivity index (χ0n) is 11.1. The number of hydrogen-bond donors (Lipinski definition) is 2. The summed E-state index contributed by atoms with van der Waals surface area (Å²) in [6.07, 6.45) is 2.32. The molecule has 1 fully saturated rings. The quantitative estimate of drug-likeness (QED) is 0.820. The number of rotatable bonds is 1. The van der Waals surface area contributed by atoms with Crippen LogP contribution in [-0.2, 0) is 0 Å². The van der Waals surface area contributed by atoms with Crippen LogP contribution < -0.4 is 10.6 Å². The summed E-state index contributed by atoms with van der Waals surface area (Å²) in [7, 11) is 0. The van der Waals surface area contributed by atoms with Crippen molar-refractivity contribution < 1.29 is 5.11 Å². The van der Waals surface area contributed by atoms with Crippen LogP contribution in [0.5, 0.6) is 0 Å². The van der Waals surface area contributed by atoms with Crippen LogP contribution in [0.3, 0.4) is 0 Å². The molecular formula is C15H19N3O. The molecule has 19 heavy (non-hydrogen) atoms. The number of piperidine rings is 1. The van der Waals surface area contributed by atoms with Gasteiger partial charge in [0.2, 0.25) is 0 Å². The molecule has 3 N–H and O–H groups in total. The molecule has 1 saturated heterocycles. The number of nitrogen functional groups attached to an aromatic ring is 1. The van der Waals surface area contributed by atoms with Crippen molar-refractivity contribution in [3.05, 3.63) is 30.5 Å². The molecule has 1 aromatic carbocycles. The van der Waals surface area contributed by atoms with Gasteiger partial charge in [-0.15, -0.1) is 0 Å². The average molecular weight is 257 g/mol. The minimum Gasteiger partial charge on any atom is -0.396 e. The topological polar surface area (TPSA) is 62.4 Å². The van der Waals surface area contributed by atoms with E-state index in [0.717, 1.165) is 36.1 Å². The molecule has 0 amide bonds. The van der Waals surface area contributed by atoms with E-state index in [2.05, 4.69) is 22.9 Å². The summed E-state index contributed by atoms with van der Waals surface area (Å²) < 4.78 is 0. The summed E-state index contributed by atoms with van der Waals surface area (Å²) in [5.41, 5.74) is 8.86. The van der Waals surface area contributed by atoms with Crippen molar-refractivity contribution in [2.75, 3.05) is 23.7 Å². The molecule has 100 valence electrons. The van der Waals surface area contributed by atoms with Crippen molar-refractivity contribution in [2.24, 2.45) is 5.92 Å². The number of para-hydroxylation sites is 1. The van der Waals surface area contributed by atoms with Crippen LogP contribution in [0.15, 0.2) is 30.5 Å². The van der Waals surface area contributed by atoms with Gasteiger partial charge in [0.1, 0.15) is 0 Å². The maximum absolute atomic E-state index is 9.85. The number of nitrogens with two attached hydrogens (primary N) is 1. The van der Waals surface area contributed by atoms with Crippen molar-refractivity contribution in [2.45, 2.75) is 19.4 Å². The molecule has 3 rings (SSSR count). The van der Waals surface area contributed by atoms with Gasteiger partial charge >= 0.3 is 0 Å². The van der Waals surface area contributed by atoms with Crippen molar-refractivity contribution in [3.63, 3.8) is 0 Å². The molecule has 1 aliphatic rings. The lowest BCUT2D eigenvalue weighted by atomic mass is 9.95. The number of aliphatic hydroxyl groups is 1. The predicted octanol–water partition coefficient (Wildman–Crippen LogP) is 2.02. The average Bonchev–Trinajstić information content (AvgIpc) is 2.42. The maximum atomic E-state index is 9.85. The summed E-state index contributed by atoms with van der Waals surface area (Å²) in [4.78, 5) is 6.64. The van der Waals surface area contributed by atoms with Crippen LogP contribution in [0.25, 0.3) is 10.9 Å². The molecule has 2 heterocycles. The van der Waals surface area contributed by atoms with E-state index in [-0.39, 0.29) is 12.0 Å². The Hall–Kier alpha value is -1.81. The van der Waals surface area contributed by atoms with Crippen LogP contribution in [0.4, 0.5) is 11.4 Å². The van der Waals surface area contributed by atoms with E-state index in [1.54, 1.807) is 6.20 Å². The lowest BCUT2D eigenvalue weighted by molar-refractivity contribution is 0.0972. The number of nitrogens with zero attached hydrogens (tertiary/aromatic N) is 2. The van der Waals surface area contributed by atoms with Crippen LogP contribution in [0.2, 0.25) is 0 Å². The number of aromatic nitrogens is 1. The minimum atomic E-state index is -0.203. The van der Waals surface area contributed by atoms with Gasteiger partial charge < -0.3 is 15.7 Å². The van der Waals surface area contributed by atoms with E-state index in [1.165, 1.54) is 0 Å². The first kappa shape index (κ1) is 12.2. The molecule has 2 atom stereocenters. The van der Waals surface area contributed by atoms with E-state index in [4.69, 9.17) is 5.73 Å². The van der Waals surface area contributed by atoms with Gasteiger partial charge in [-0.1, -0.05) is 25.1 Å². The number of fused-ring (bicyclic) bond motifs is 1. The van der Waals surface area contributed by atoms with Gasteiger partial charge in [0.15, 0.2) is 0 Å². The van der Waals surface area contributed by atoms with Gasteiger partial charge in [0, 0.05) is 18.5 Å². The maximum Gasteiger partial charge on any atom is 0.0745 e. The highest BCUT2D eigenvalue weighted by Crippen LogP contribution is 2.34. The lowest BCUT2D eigenvalue weighted by Gasteiger charge is -2.37.